The molecule has 1 saturated carbocycles. The first-order valence-electron chi connectivity index (χ1n) is 8.81. The van der Waals surface area contributed by atoms with E-state index < -0.39 is 17.4 Å². The average molecular weight is 371 g/mol. The number of carbonyl (C=O) groups excluding carboxylic acids is 2. The number of nitrogens with two attached hydrogens (primary N) is 1. The molecular formula is C20H22FN3O3. The number of esters is 1. The van der Waals surface area contributed by atoms with E-state index in [1.54, 1.807) is 33.0 Å². The van der Waals surface area contributed by atoms with Crippen molar-refractivity contribution in [2.24, 2.45) is 0 Å². The van der Waals surface area contributed by atoms with E-state index in [2.05, 4.69) is 9.97 Å². The number of halogens is 1. The predicted octanol–water partition coefficient (Wildman–Crippen LogP) is 3.66. The largest absolute Gasteiger partial charge is 0.456 e. The summed E-state index contributed by atoms with van der Waals surface area (Å²) in [4.78, 5) is 32.2. The number of benzene rings is 1. The second-order valence-electron chi connectivity index (χ2n) is 7.70. The van der Waals surface area contributed by atoms with Crippen LogP contribution in [-0.2, 0) is 9.53 Å². The summed E-state index contributed by atoms with van der Waals surface area (Å²) < 4.78 is 19.6. The molecule has 2 aromatic rings. The van der Waals surface area contributed by atoms with E-state index in [4.69, 9.17) is 10.5 Å². The maximum Gasteiger partial charge on any atom is 0.341 e. The number of hydrogen-bond donors (Lipinski definition) is 1. The van der Waals surface area contributed by atoms with Gasteiger partial charge in [-0.1, -0.05) is 6.07 Å². The van der Waals surface area contributed by atoms with Crippen LogP contribution in [0.2, 0.25) is 0 Å². The Morgan fingerprint density at radius 1 is 1.33 bits per heavy atom. The van der Waals surface area contributed by atoms with Gasteiger partial charge in [-0.3, -0.25) is 9.78 Å². The van der Waals surface area contributed by atoms with Crippen molar-refractivity contribution < 1.29 is 18.7 Å². The number of ketones is 1. The van der Waals surface area contributed by atoms with Crippen LogP contribution < -0.4 is 5.73 Å². The normalized spacial score (nSPS) is 17.2. The van der Waals surface area contributed by atoms with E-state index in [-0.39, 0.29) is 23.1 Å². The summed E-state index contributed by atoms with van der Waals surface area (Å²) in [6.07, 6.45) is 3.32. The van der Waals surface area contributed by atoms with Crippen LogP contribution in [0.1, 0.15) is 62.0 Å². The molecule has 1 aromatic carbocycles. The van der Waals surface area contributed by atoms with Gasteiger partial charge in [0.15, 0.2) is 0 Å². The molecule has 0 saturated heterocycles. The average Bonchev–Trinajstić information content (AvgIpc) is 2.99. The van der Waals surface area contributed by atoms with Crippen LogP contribution >= 0.6 is 0 Å². The van der Waals surface area contributed by atoms with E-state index in [1.165, 1.54) is 12.1 Å². The molecule has 0 aliphatic heterocycles. The van der Waals surface area contributed by atoms with Gasteiger partial charge in [-0.05, 0) is 39.3 Å². The molecule has 2 N–H and O–H groups in total. The standard InChI is InChI=1S/C20H22FN3O3/c1-20(2,3)27-19(26)14-7-5-12(9-15(14)21)17-18(22)24-16(10-23-17)11-4-6-13(25)8-11/h5,7,9-11H,4,6,8H2,1-3H3,(H2,22,24). The van der Waals surface area contributed by atoms with Gasteiger partial charge in [0.05, 0.1) is 11.3 Å². The Morgan fingerprint density at radius 2 is 2.07 bits per heavy atom. The zero-order valence-corrected chi connectivity index (χ0v) is 15.6. The predicted molar refractivity (Wildman–Crippen MR) is 98.6 cm³/mol. The van der Waals surface area contributed by atoms with Crippen molar-refractivity contribution >= 4 is 17.6 Å². The number of anilines is 1. The van der Waals surface area contributed by atoms with Crippen LogP contribution in [0.3, 0.4) is 0 Å². The van der Waals surface area contributed by atoms with E-state index in [0.717, 1.165) is 6.42 Å². The highest BCUT2D eigenvalue weighted by Gasteiger charge is 2.26. The van der Waals surface area contributed by atoms with Gasteiger partial charge < -0.3 is 10.5 Å². The minimum atomic E-state index is -0.730. The molecule has 1 aromatic heterocycles. The minimum Gasteiger partial charge on any atom is -0.456 e. The molecule has 1 aliphatic rings. The number of hydrogen-bond acceptors (Lipinski definition) is 6. The Morgan fingerprint density at radius 3 is 2.63 bits per heavy atom. The van der Waals surface area contributed by atoms with Crippen molar-refractivity contribution in [3.8, 4) is 11.3 Å². The number of nitrogens with zero attached hydrogens (tertiary/aromatic N) is 2. The Labute approximate surface area is 157 Å². The second kappa shape index (κ2) is 7.06. The second-order valence-corrected chi connectivity index (χ2v) is 7.70. The smallest absolute Gasteiger partial charge is 0.341 e. The minimum absolute atomic E-state index is 0.0348. The summed E-state index contributed by atoms with van der Waals surface area (Å²) in [6, 6.07) is 4.10. The lowest BCUT2D eigenvalue weighted by Gasteiger charge is -2.19. The number of Topliss-reactive ketones (excluding diaryl/α,β-unsaturated/α-hetero) is 1. The van der Waals surface area contributed by atoms with Crippen molar-refractivity contribution in [2.45, 2.75) is 51.6 Å². The zero-order valence-electron chi connectivity index (χ0n) is 15.6. The Balaban J connectivity index is 1.85. The third kappa shape index (κ3) is 4.30. The van der Waals surface area contributed by atoms with E-state index >= 15 is 0 Å². The SMILES string of the molecule is CC(C)(C)OC(=O)c1ccc(-c2ncc(C3CCC(=O)C3)nc2N)cc1F. The van der Waals surface area contributed by atoms with Gasteiger partial charge in [-0.15, -0.1) is 0 Å². The summed E-state index contributed by atoms with van der Waals surface area (Å²) in [5.74, 6) is -1.03. The Bertz CT molecular complexity index is 906. The van der Waals surface area contributed by atoms with Crippen molar-refractivity contribution in [1.29, 1.82) is 0 Å². The van der Waals surface area contributed by atoms with Gasteiger partial charge >= 0.3 is 5.97 Å². The molecule has 1 aliphatic carbocycles. The molecule has 1 unspecified atom stereocenters. The quantitative estimate of drug-likeness (QED) is 0.828. The molecule has 7 heteroatoms. The van der Waals surface area contributed by atoms with Crippen molar-refractivity contribution in [1.82, 2.24) is 9.97 Å². The molecule has 3 rings (SSSR count). The van der Waals surface area contributed by atoms with Crippen molar-refractivity contribution in [3.05, 3.63) is 41.5 Å². The lowest BCUT2D eigenvalue weighted by Crippen LogP contribution is -2.24. The first-order valence-corrected chi connectivity index (χ1v) is 8.81. The molecule has 0 spiro atoms. The lowest BCUT2D eigenvalue weighted by atomic mass is 10.0. The number of nitrogen functional groups attached to an aromatic ring is 1. The van der Waals surface area contributed by atoms with Gasteiger partial charge in [-0.2, -0.15) is 0 Å². The first-order chi connectivity index (χ1) is 12.6. The van der Waals surface area contributed by atoms with Crippen molar-refractivity contribution in [2.75, 3.05) is 5.73 Å². The Kier molecular flexibility index (Phi) is 4.95. The van der Waals surface area contributed by atoms with Crippen LogP contribution in [0, 0.1) is 5.82 Å². The highest BCUT2D eigenvalue weighted by atomic mass is 19.1. The number of rotatable bonds is 3. The molecule has 1 fully saturated rings. The van der Waals surface area contributed by atoms with Gasteiger partial charge in [0.1, 0.15) is 28.7 Å². The van der Waals surface area contributed by atoms with Crippen molar-refractivity contribution in [3.63, 3.8) is 0 Å². The molecule has 0 amide bonds. The van der Waals surface area contributed by atoms with Gasteiger partial charge in [0.25, 0.3) is 0 Å². The summed E-state index contributed by atoms with van der Waals surface area (Å²) in [6.45, 7) is 5.15. The van der Waals surface area contributed by atoms with Crippen LogP contribution in [0.15, 0.2) is 24.4 Å². The Hall–Kier alpha value is -2.83. The number of aromatic nitrogens is 2. The number of carbonyl (C=O) groups is 2. The highest BCUT2D eigenvalue weighted by molar-refractivity contribution is 5.91. The maximum atomic E-state index is 14.4. The van der Waals surface area contributed by atoms with Crippen LogP contribution in [0.4, 0.5) is 10.2 Å². The topological polar surface area (TPSA) is 95.2 Å². The van der Waals surface area contributed by atoms with E-state index in [0.29, 0.717) is 29.8 Å². The molecule has 0 bridgehead atoms. The summed E-state index contributed by atoms with van der Waals surface area (Å²) in [5, 5.41) is 0. The molecule has 27 heavy (non-hydrogen) atoms. The third-order valence-corrected chi connectivity index (χ3v) is 4.34. The molecular weight excluding hydrogens is 349 g/mol. The molecule has 1 atom stereocenters. The zero-order chi connectivity index (χ0) is 19.8. The summed E-state index contributed by atoms with van der Waals surface area (Å²) in [5.41, 5.74) is 6.57. The van der Waals surface area contributed by atoms with Gasteiger partial charge in [0.2, 0.25) is 0 Å². The van der Waals surface area contributed by atoms with Gasteiger partial charge in [0, 0.05) is 30.5 Å². The fraction of sp³-hybridized carbons (Fsp3) is 0.400. The van der Waals surface area contributed by atoms with E-state index in [9.17, 15) is 14.0 Å². The fourth-order valence-corrected chi connectivity index (χ4v) is 3.06. The molecule has 0 radical (unpaired) electrons. The fourth-order valence-electron chi connectivity index (χ4n) is 3.06. The molecule has 6 nitrogen and oxygen atoms in total. The van der Waals surface area contributed by atoms with Crippen LogP contribution in [0.5, 0.6) is 0 Å². The third-order valence-electron chi connectivity index (χ3n) is 4.34. The highest BCUT2D eigenvalue weighted by Crippen LogP contribution is 2.33. The van der Waals surface area contributed by atoms with Gasteiger partial charge in [-0.25, -0.2) is 14.2 Å². The number of ether oxygens (including phenoxy) is 1. The lowest BCUT2D eigenvalue weighted by molar-refractivity contribution is -0.117. The summed E-state index contributed by atoms with van der Waals surface area (Å²) >= 11 is 0. The first kappa shape index (κ1) is 18.9. The molecule has 142 valence electrons. The molecule has 1 heterocycles. The maximum absolute atomic E-state index is 14.4. The van der Waals surface area contributed by atoms with Crippen LogP contribution in [-0.4, -0.2) is 27.3 Å². The van der Waals surface area contributed by atoms with E-state index in [1.807, 2.05) is 0 Å². The summed E-state index contributed by atoms with van der Waals surface area (Å²) in [7, 11) is 0. The monoisotopic (exact) mass is 371 g/mol. The van der Waals surface area contributed by atoms with Crippen LogP contribution in [0.25, 0.3) is 11.3 Å².